The van der Waals surface area contributed by atoms with Crippen LogP contribution < -0.4 is 0 Å². The molecule has 30 heavy (non-hydrogen) atoms. The number of amides is 1. The third-order valence-corrected chi connectivity index (χ3v) is 5.74. The second kappa shape index (κ2) is 9.44. The second-order valence-corrected chi connectivity index (χ2v) is 7.80. The van der Waals surface area contributed by atoms with Crippen LogP contribution in [0.5, 0.6) is 0 Å². The molecule has 1 aromatic heterocycles. The average Bonchev–Trinajstić information content (AvgIpc) is 3.34. The molecule has 0 aliphatic carbocycles. The zero-order valence-electron chi connectivity index (χ0n) is 15.9. The molecule has 1 aromatic carbocycles. The predicted octanol–water partition coefficient (Wildman–Crippen LogP) is 4.16. The van der Waals surface area contributed by atoms with Gasteiger partial charge in [-0.05, 0) is 18.6 Å². The van der Waals surface area contributed by atoms with Crippen LogP contribution in [-0.4, -0.2) is 50.8 Å². The van der Waals surface area contributed by atoms with Crippen LogP contribution in [0.25, 0.3) is 0 Å². The minimum atomic E-state index is -3.44. The number of nitrogens with zero attached hydrogens (tertiary/aromatic N) is 1. The summed E-state index contributed by atoms with van der Waals surface area (Å²) in [7, 11) is 0. The number of benzene rings is 1. The Morgan fingerprint density at radius 2 is 2.03 bits per heavy atom. The molecule has 0 bridgehead atoms. The van der Waals surface area contributed by atoms with Crippen molar-refractivity contribution in [3.8, 4) is 0 Å². The van der Waals surface area contributed by atoms with Crippen molar-refractivity contribution in [2.75, 3.05) is 12.3 Å². The zero-order chi connectivity index (χ0) is 21.7. The standard InChI is InChI=1S/C21H21F2NO5S/c22-21(23,14-5-2-1-3-6-14)18(25)11-8-15-13-30-20(28)24(15)12-4-7-16-9-10-17(29-16)19(26)27/h1-3,5-6,8-11,15,18,25H,4,7,12-13H2,(H,26,27). The number of carboxylic acid groups (broad SMARTS) is 1. The van der Waals surface area contributed by atoms with E-state index < -0.39 is 24.0 Å². The van der Waals surface area contributed by atoms with Gasteiger partial charge in [-0.2, -0.15) is 8.78 Å². The Kier molecular flexibility index (Phi) is 6.94. The Labute approximate surface area is 176 Å². The number of aliphatic hydroxyl groups excluding tert-OH is 1. The Bertz CT molecular complexity index is 915. The van der Waals surface area contributed by atoms with Crippen molar-refractivity contribution in [3.05, 3.63) is 71.7 Å². The summed E-state index contributed by atoms with van der Waals surface area (Å²) in [4.78, 5) is 24.5. The minimum absolute atomic E-state index is 0.146. The average molecular weight is 437 g/mol. The van der Waals surface area contributed by atoms with Gasteiger partial charge >= 0.3 is 11.9 Å². The summed E-state index contributed by atoms with van der Waals surface area (Å²) < 4.78 is 34.0. The maximum atomic E-state index is 14.4. The SMILES string of the molecule is O=C(O)c1ccc(CCCN2C(=O)SCC2C=CC(O)C(F)(F)c2ccccc2)o1. The van der Waals surface area contributed by atoms with Crippen LogP contribution in [0.15, 0.2) is 59.0 Å². The van der Waals surface area contributed by atoms with Gasteiger partial charge in [0.25, 0.3) is 5.24 Å². The fourth-order valence-electron chi connectivity index (χ4n) is 3.12. The van der Waals surface area contributed by atoms with Crippen LogP contribution in [0.4, 0.5) is 13.6 Å². The van der Waals surface area contributed by atoms with Crippen LogP contribution in [-0.2, 0) is 12.3 Å². The normalized spacial score (nSPS) is 18.3. The highest BCUT2D eigenvalue weighted by Gasteiger charge is 2.39. The van der Waals surface area contributed by atoms with Crippen molar-refractivity contribution < 1.29 is 33.0 Å². The Balaban J connectivity index is 1.58. The van der Waals surface area contributed by atoms with Crippen LogP contribution >= 0.6 is 11.8 Å². The van der Waals surface area contributed by atoms with Crippen LogP contribution in [0, 0.1) is 0 Å². The van der Waals surface area contributed by atoms with Crippen LogP contribution in [0.1, 0.15) is 28.3 Å². The number of hydrogen-bond acceptors (Lipinski definition) is 5. The van der Waals surface area contributed by atoms with Gasteiger partial charge in [-0.25, -0.2) is 4.79 Å². The lowest BCUT2D eigenvalue weighted by Crippen LogP contribution is -2.34. The number of aryl methyl sites for hydroxylation is 1. The van der Waals surface area contributed by atoms with E-state index in [4.69, 9.17) is 9.52 Å². The maximum Gasteiger partial charge on any atom is 0.371 e. The molecule has 160 valence electrons. The first-order chi connectivity index (χ1) is 14.3. The molecule has 0 saturated carbocycles. The number of alkyl halides is 2. The highest BCUT2D eigenvalue weighted by Crippen LogP contribution is 2.33. The van der Waals surface area contributed by atoms with Crippen molar-refractivity contribution >= 4 is 23.0 Å². The highest BCUT2D eigenvalue weighted by molar-refractivity contribution is 8.13. The molecule has 2 atom stereocenters. The fourth-order valence-corrected chi connectivity index (χ4v) is 4.11. The van der Waals surface area contributed by atoms with Gasteiger partial charge in [0.05, 0.1) is 6.04 Å². The number of carboxylic acids is 1. The summed E-state index contributed by atoms with van der Waals surface area (Å²) >= 11 is 1.09. The van der Waals surface area contributed by atoms with E-state index in [0.717, 1.165) is 17.8 Å². The number of aromatic carboxylic acids is 1. The molecular weight excluding hydrogens is 416 g/mol. The molecule has 6 nitrogen and oxygen atoms in total. The van der Waals surface area contributed by atoms with Gasteiger partial charge in [0.15, 0.2) is 0 Å². The quantitative estimate of drug-likeness (QED) is 0.573. The largest absolute Gasteiger partial charge is 0.475 e. The number of halogens is 2. The third kappa shape index (κ3) is 5.09. The smallest absolute Gasteiger partial charge is 0.371 e. The first-order valence-corrected chi connectivity index (χ1v) is 10.3. The minimum Gasteiger partial charge on any atom is -0.475 e. The highest BCUT2D eigenvalue weighted by atomic mass is 32.2. The number of thioether (sulfide) groups is 1. The maximum absolute atomic E-state index is 14.4. The van der Waals surface area contributed by atoms with E-state index in [9.17, 15) is 23.5 Å². The summed E-state index contributed by atoms with van der Waals surface area (Å²) in [5.41, 5.74) is -0.282. The molecule has 9 heteroatoms. The Hall–Kier alpha value is -2.65. The molecule has 1 aliphatic rings. The van der Waals surface area contributed by atoms with Gasteiger partial charge < -0.3 is 19.5 Å². The van der Waals surface area contributed by atoms with Crippen molar-refractivity contribution in [3.63, 3.8) is 0 Å². The first-order valence-electron chi connectivity index (χ1n) is 9.34. The van der Waals surface area contributed by atoms with E-state index in [1.165, 1.54) is 36.4 Å². The lowest BCUT2D eigenvalue weighted by Gasteiger charge is -2.23. The molecule has 1 fully saturated rings. The number of carbonyl (C=O) groups excluding carboxylic acids is 1. The van der Waals surface area contributed by atoms with Gasteiger partial charge in [-0.15, -0.1) is 0 Å². The van der Waals surface area contributed by atoms with E-state index in [2.05, 4.69) is 0 Å². The molecule has 1 saturated heterocycles. The number of aliphatic hydroxyl groups is 1. The summed E-state index contributed by atoms with van der Waals surface area (Å²) in [6.45, 7) is 0.356. The lowest BCUT2D eigenvalue weighted by molar-refractivity contribution is -0.0929. The number of carbonyl (C=O) groups is 2. The lowest BCUT2D eigenvalue weighted by atomic mass is 10.0. The summed E-state index contributed by atoms with van der Waals surface area (Å²) in [5, 5.41) is 18.7. The summed E-state index contributed by atoms with van der Waals surface area (Å²) in [6, 6.07) is 9.61. The van der Waals surface area contributed by atoms with Gasteiger partial charge in [0.1, 0.15) is 11.9 Å². The van der Waals surface area contributed by atoms with Gasteiger partial charge in [-0.3, -0.25) is 4.79 Å². The molecular formula is C21H21F2NO5S. The summed E-state index contributed by atoms with van der Waals surface area (Å²) in [6.07, 6.45) is 1.42. The van der Waals surface area contributed by atoms with Crippen LogP contribution in [0.3, 0.4) is 0 Å². The third-order valence-electron chi connectivity index (χ3n) is 4.75. The van der Waals surface area contributed by atoms with E-state index in [1.54, 1.807) is 17.0 Å². The van der Waals surface area contributed by atoms with Gasteiger partial charge in [0.2, 0.25) is 5.76 Å². The molecule has 0 spiro atoms. The Morgan fingerprint density at radius 3 is 2.70 bits per heavy atom. The summed E-state index contributed by atoms with van der Waals surface area (Å²) in [5.74, 6) is -3.84. The van der Waals surface area contributed by atoms with E-state index in [0.29, 0.717) is 30.9 Å². The molecule has 2 aromatic rings. The van der Waals surface area contributed by atoms with Crippen molar-refractivity contribution in [1.82, 2.24) is 4.90 Å². The van der Waals surface area contributed by atoms with E-state index in [-0.39, 0.29) is 16.6 Å². The Morgan fingerprint density at radius 1 is 1.30 bits per heavy atom. The predicted molar refractivity (Wildman–Crippen MR) is 108 cm³/mol. The van der Waals surface area contributed by atoms with E-state index >= 15 is 0 Å². The van der Waals surface area contributed by atoms with Crippen molar-refractivity contribution in [2.45, 2.75) is 30.9 Å². The van der Waals surface area contributed by atoms with Crippen molar-refractivity contribution in [1.29, 1.82) is 0 Å². The molecule has 1 aliphatic heterocycles. The van der Waals surface area contributed by atoms with Crippen LogP contribution in [0.2, 0.25) is 0 Å². The molecule has 2 N–H and O–H groups in total. The van der Waals surface area contributed by atoms with Gasteiger partial charge in [-0.1, -0.05) is 54.2 Å². The van der Waals surface area contributed by atoms with Gasteiger partial charge in [0, 0.05) is 24.3 Å². The molecule has 2 unspecified atom stereocenters. The second-order valence-electron chi connectivity index (χ2n) is 6.83. The zero-order valence-corrected chi connectivity index (χ0v) is 16.7. The molecule has 1 amide bonds. The number of furan rings is 1. The number of hydrogen-bond donors (Lipinski definition) is 2. The van der Waals surface area contributed by atoms with E-state index in [1.807, 2.05) is 0 Å². The fraction of sp³-hybridized carbons (Fsp3) is 0.333. The molecule has 3 rings (SSSR count). The molecule has 0 radical (unpaired) electrons. The number of rotatable bonds is 9. The van der Waals surface area contributed by atoms with Crippen molar-refractivity contribution in [2.24, 2.45) is 0 Å². The first kappa shape index (κ1) is 22.0. The topological polar surface area (TPSA) is 91.0 Å². The monoisotopic (exact) mass is 437 g/mol. The molecule has 2 heterocycles.